The van der Waals surface area contributed by atoms with Crippen molar-refractivity contribution in [2.24, 2.45) is 0 Å². The van der Waals surface area contributed by atoms with E-state index in [1.54, 1.807) is 22.3 Å². The van der Waals surface area contributed by atoms with E-state index >= 15 is 0 Å². The molecule has 0 amide bonds. The van der Waals surface area contributed by atoms with Gasteiger partial charge in [-0.2, -0.15) is 46.5 Å². The van der Waals surface area contributed by atoms with Crippen LogP contribution in [0.25, 0.3) is 0 Å². The summed E-state index contributed by atoms with van der Waals surface area (Å²) in [7, 11) is 0. The van der Waals surface area contributed by atoms with E-state index in [2.05, 4.69) is 47.0 Å². The molecule has 0 atom stereocenters. The van der Waals surface area contributed by atoms with Gasteiger partial charge in [0.15, 0.2) is 0 Å². The van der Waals surface area contributed by atoms with E-state index in [1.165, 1.54) is 75.6 Å². The zero-order chi connectivity index (χ0) is 17.6. The molecule has 2 aromatic rings. The van der Waals surface area contributed by atoms with Gasteiger partial charge < -0.3 is 11.7 Å². The van der Waals surface area contributed by atoms with E-state index < -0.39 is 0 Å². The van der Waals surface area contributed by atoms with Crippen LogP contribution in [-0.2, 0) is 54.7 Å². The second-order valence-corrected chi connectivity index (χ2v) is 7.44. The predicted molar refractivity (Wildman–Crippen MR) is 101 cm³/mol. The maximum atomic E-state index is 8.69. The maximum absolute atomic E-state index is 8.69. The van der Waals surface area contributed by atoms with Gasteiger partial charge in [0, 0.05) is 0 Å². The number of rotatable bonds is 0. The fourth-order valence-electron chi connectivity index (χ4n) is 3.23. The van der Waals surface area contributed by atoms with Crippen LogP contribution in [-0.4, -0.2) is 10.00 Å². The topological polar surface area (TPSA) is 17.1 Å². The van der Waals surface area contributed by atoms with E-state index in [9.17, 15) is 0 Å². The minimum atomic E-state index is 0.500. The normalized spacial score (nSPS) is 14.0. The second kappa shape index (κ2) is 13.3. The Hall–Kier alpha value is -1.01. The molecule has 0 saturated carbocycles. The molecule has 0 radical (unpaired) electrons. The molecular weight excluding hydrogens is 371 g/mol. The van der Waals surface area contributed by atoms with Crippen LogP contribution in [0, 0.1) is 6.92 Å². The van der Waals surface area contributed by atoms with Crippen LogP contribution in [0.15, 0.2) is 36.4 Å². The van der Waals surface area contributed by atoms with Crippen LogP contribution in [0.2, 0.25) is 0 Å². The summed E-state index contributed by atoms with van der Waals surface area (Å²) in [4.78, 5) is 8.69. The molecule has 24 heavy (non-hydrogen) atoms. The molecule has 0 fully saturated rings. The van der Waals surface area contributed by atoms with Gasteiger partial charge in [-0.15, -0.1) is 0 Å². The first kappa shape index (κ1) is 21.0. The van der Waals surface area contributed by atoms with E-state index in [4.69, 9.17) is 4.79 Å². The van der Waals surface area contributed by atoms with Gasteiger partial charge in [-0.25, -0.2) is 12.1 Å². The van der Waals surface area contributed by atoms with Gasteiger partial charge in [0.1, 0.15) is 0 Å². The Kier molecular flexibility index (Phi) is 11.7. The molecule has 0 N–H and O–H groups in total. The quantitative estimate of drug-likeness (QED) is 0.452. The van der Waals surface area contributed by atoms with Crippen molar-refractivity contribution in [3.63, 3.8) is 0 Å². The van der Waals surface area contributed by atoms with Crippen molar-refractivity contribution in [1.82, 2.24) is 0 Å². The summed E-state index contributed by atoms with van der Waals surface area (Å²) in [6, 6.07) is 13.4. The molecule has 1 nitrogen and oxygen atoms in total. The third-order valence-electron chi connectivity index (χ3n) is 4.30. The molecular formula is C22H29OZr-3. The molecule has 0 heterocycles. The van der Waals surface area contributed by atoms with Crippen molar-refractivity contribution >= 4 is 10.00 Å². The van der Waals surface area contributed by atoms with Crippen molar-refractivity contribution in [3.8, 4) is 0 Å². The summed E-state index contributed by atoms with van der Waals surface area (Å²) in [5, 5.41) is 0. The molecule has 0 saturated heterocycles. The number of carbonyl (C=O) groups is 1. The Morgan fingerprint density at radius 1 is 0.917 bits per heavy atom. The SMILES string of the molecule is C[CH]=[Zr].[CH2-]C=O.c1cc2c([cH-]1)CCCC2.c1cc2c([cH-]1)CCCC2. The monoisotopic (exact) mass is 399 g/mol. The Bertz CT molecular complexity index is 483. The van der Waals surface area contributed by atoms with Gasteiger partial charge >= 0.3 is 34.9 Å². The zero-order valence-corrected chi connectivity index (χ0v) is 17.3. The third-order valence-corrected chi connectivity index (χ3v) is 4.30. The summed E-state index contributed by atoms with van der Waals surface area (Å²) in [5.41, 5.74) is 6.39. The Balaban J connectivity index is 0.000000183. The maximum Gasteiger partial charge on any atom is -0.0180 e. The molecule has 2 aliphatic carbocycles. The number of aryl methyl sites for hydroxylation is 4. The molecule has 0 aliphatic heterocycles. The second-order valence-electron chi connectivity index (χ2n) is 6.02. The first-order chi connectivity index (χ1) is 11.8. The van der Waals surface area contributed by atoms with Crippen LogP contribution in [0.1, 0.15) is 54.9 Å². The largest absolute Gasteiger partial charge is 0.343 e. The average molecular weight is 401 g/mol. The van der Waals surface area contributed by atoms with Gasteiger partial charge in [0.25, 0.3) is 0 Å². The van der Waals surface area contributed by atoms with Gasteiger partial charge in [-0.3, -0.25) is 0 Å². The Labute approximate surface area is 162 Å². The van der Waals surface area contributed by atoms with Gasteiger partial charge in [-0.1, -0.05) is 51.4 Å². The predicted octanol–water partition coefficient (Wildman–Crippen LogP) is 4.94. The van der Waals surface area contributed by atoms with E-state index in [0.717, 1.165) is 0 Å². The molecule has 2 aliphatic rings. The summed E-state index contributed by atoms with van der Waals surface area (Å²) in [6.45, 7) is 4.85. The first-order valence-corrected chi connectivity index (χ1v) is 10.3. The van der Waals surface area contributed by atoms with Crippen LogP contribution in [0.5, 0.6) is 0 Å². The zero-order valence-electron chi connectivity index (χ0n) is 14.9. The number of carbonyl (C=O) groups excluding carboxylic acids is 1. The fraction of sp³-hybridized carbons (Fsp3) is 0.409. The van der Waals surface area contributed by atoms with E-state index in [-0.39, 0.29) is 0 Å². The summed E-state index contributed by atoms with van der Waals surface area (Å²) in [6.07, 6.45) is 11.4. The standard InChI is InChI=1S/2C9H11.C2H3O.C2H4.Zr/c2*1-2-5-9-7-3-6-8(9)4-1;1-2-3;1-2;/h2*3,6-7H,1-2,4-5H2;2H,1H2;1H,2H3;/q3*-1;;. The average Bonchev–Trinajstić information content (AvgIpc) is 3.26. The molecule has 130 valence electrons. The van der Waals surface area contributed by atoms with Crippen LogP contribution >= 0.6 is 0 Å². The Morgan fingerprint density at radius 2 is 1.25 bits per heavy atom. The van der Waals surface area contributed by atoms with Crippen molar-refractivity contribution in [2.75, 3.05) is 0 Å². The van der Waals surface area contributed by atoms with Crippen LogP contribution in [0.3, 0.4) is 0 Å². The molecule has 0 spiro atoms. The van der Waals surface area contributed by atoms with Crippen LogP contribution < -0.4 is 0 Å². The summed E-state index contributed by atoms with van der Waals surface area (Å²) >= 11 is 1.51. The van der Waals surface area contributed by atoms with Crippen molar-refractivity contribution in [3.05, 3.63) is 65.6 Å². The first-order valence-electron chi connectivity index (χ1n) is 8.91. The van der Waals surface area contributed by atoms with Crippen LogP contribution in [0.4, 0.5) is 0 Å². The summed E-state index contributed by atoms with van der Waals surface area (Å²) < 4.78 is 2.09. The molecule has 0 aromatic heterocycles. The van der Waals surface area contributed by atoms with E-state index in [0.29, 0.717) is 6.29 Å². The van der Waals surface area contributed by atoms with Crippen molar-refractivity contribution < 1.29 is 29.0 Å². The molecule has 2 heteroatoms. The number of hydrogen-bond donors (Lipinski definition) is 0. The third kappa shape index (κ3) is 7.71. The van der Waals surface area contributed by atoms with Gasteiger partial charge in [0.05, 0.1) is 0 Å². The molecule has 4 rings (SSSR count). The van der Waals surface area contributed by atoms with Crippen molar-refractivity contribution in [1.29, 1.82) is 0 Å². The van der Waals surface area contributed by atoms with Gasteiger partial charge in [-0.05, 0) is 6.29 Å². The number of aldehydes is 1. The minimum absolute atomic E-state index is 0.500. The van der Waals surface area contributed by atoms with Gasteiger partial charge in [0.2, 0.25) is 0 Å². The fourth-order valence-corrected chi connectivity index (χ4v) is 3.23. The molecule has 0 bridgehead atoms. The minimum Gasteiger partial charge on any atom is -0.343 e. The summed E-state index contributed by atoms with van der Waals surface area (Å²) in [5.74, 6) is 0. The van der Waals surface area contributed by atoms with E-state index in [1.807, 2.05) is 6.92 Å². The number of fused-ring (bicyclic) bond motifs is 2. The molecule has 0 unspecified atom stereocenters. The molecule has 2 aromatic carbocycles. The smallest absolute Gasteiger partial charge is 0.0180 e. The Morgan fingerprint density at radius 3 is 1.58 bits per heavy atom. The van der Waals surface area contributed by atoms with Crippen molar-refractivity contribution in [2.45, 2.75) is 58.3 Å². The number of hydrogen-bond acceptors (Lipinski definition) is 1.